The average molecular weight is 507 g/mol. The molecule has 4 rings (SSSR count). The lowest BCUT2D eigenvalue weighted by Gasteiger charge is -2.41. The van der Waals surface area contributed by atoms with E-state index in [9.17, 15) is 0 Å². The molecule has 5 heteroatoms. The van der Waals surface area contributed by atoms with Gasteiger partial charge in [-0.15, -0.1) is 23.2 Å². The minimum Gasteiger partial charge on any atom is -0.345 e. The molecule has 0 saturated heterocycles. The van der Waals surface area contributed by atoms with Crippen LogP contribution in [-0.4, -0.2) is 16.5 Å². The van der Waals surface area contributed by atoms with Crippen molar-refractivity contribution in [2.24, 2.45) is 0 Å². The Morgan fingerprint density at radius 1 is 0.515 bits per heavy atom. The van der Waals surface area contributed by atoms with E-state index in [-0.39, 0.29) is 0 Å². The molecular formula is C28H29Cl2NSi2. The molecule has 0 aliphatic heterocycles. The highest BCUT2D eigenvalue weighted by molar-refractivity contribution is 7.13. The second-order valence-corrected chi connectivity index (χ2v) is 17.0. The van der Waals surface area contributed by atoms with Crippen molar-refractivity contribution in [2.75, 3.05) is 0 Å². The zero-order valence-electron chi connectivity index (χ0n) is 19.1. The summed E-state index contributed by atoms with van der Waals surface area (Å²) in [6.07, 6.45) is 0. The smallest absolute Gasteiger partial charge is 0.181 e. The van der Waals surface area contributed by atoms with Gasteiger partial charge in [-0.25, -0.2) is 0 Å². The van der Waals surface area contributed by atoms with Crippen molar-refractivity contribution in [1.82, 2.24) is 4.65 Å². The molecule has 0 amide bonds. The molecule has 2 atom stereocenters. The third-order valence-electron chi connectivity index (χ3n) is 6.60. The quantitative estimate of drug-likeness (QED) is 0.267. The maximum Gasteiger partial charge on any atom is 0.181 e. The first-order valence-corrected chi connectivity index (χ1v) is 17.3. The van der Waals surface area contributed by atoms with E-state index < -0.39 is 16.5 Å². The first-order valence-electron chi connectivity index (χ1n) is 11.2. The van der Waals surface area contributed by atoms with Gasteiger partial charge in [0.2, 0.25) is 0 Å². The lowest BCUT2D eigenvalue weighted by atomic mass is 10.2. The average Bonchev–Trinajstić information content (AvgIpc) is 2.89. The summed E-state index contributed by atoms with van der Waals surface area (Å²) in [5.74, 6) is 0.990. The third-order valence-corrected chi connectivity index (χ3v) is 17.3. The van der Waals surface area contributed by atoms with Crippen LogP contribution in [0, 0.1) is 0 Å². The third kappa shape index (κ3) is 4.75. The van der Waals surface area contributed by atoms with Crippen LogP contribution >= 0.6 is 23.2 Å². The van der Waals surface area contributed by atoms with Gasteiger partial charge in [0, 0.05) is 11.8 Å². The van der Waals surface area contributed by atoms with Gasteiger partial charge in [-0.2, -0.15) is 0 Å². The van der Waals surface area contributed by atoms with E-state index in [4.69, 9.17) is 23.2 Å². The van der Waals surface area contributed by atoms with Crippen molar-refractivity contribution in [1.29, 1.82) is 0 Å². The van der Waals surface area contributed by atoms with Crippen LogP contribution < -0.4 is 25.4 Å². The monoisotopic (exact) mass is 505 g/mol. The Kier molecular flexibility index (Phi) is 7.57. The lowest BCUT2D eigenvalue weighted by molar-refractivity contribution is 1.33. The van der Waals surface area contributed by atoms with Crippen LogP contribution in [0.4, 0.5) is 0 Å². The second kappa shape index (κ2) is 10.4. The van der Waals surface area contributed by atoms with E-state index in [1.807, 2.05) is 0 Å². The van der Waals surface area contributed by atoms with Gasteiger partial charge in [-0.05, 0) is 45.0 Å². The van der Waals surface area contributed by atoms with Gasteiger partial charge in [-0.3, -0.25) is 0 Å². The minimum atomic E-state index is -2.42. The largest absolute Gasteiger partial charge is 0.345 e. The molecule has 0 aliphatic rings. The Labute approximate surface area is 209 Å². The van der Waals surface area contributed by atoms with Crippen LogP contribution in [0.25, 0.3) is 0 Å². The SMILES string of the molecule is C[Si](N[Si](C)(c1ccccc1)c1ccccc1CCl)(c1ccccc1)c1ccccc1CCl. The van der Waals surface area contributed by atoms with Gasteiger partial charge in [0.05, 0.1) is 0 Å². The van der Waals surface area contributed by atoms with Crippen molar-refractivity contribution < 1.29 is 0 Å². The molecule has 0 fully saturated rings. The first-order chi connectivity index (χ1) is 16.0. The molecule has 0 spiro atoms. The van der Waals surface area contributed by atoms with E-state index in [2.05, 4.69) is 127 Å². The van der Waals surface area contributed by atoms with E-state index in [1.165, 1.54) is 31.9 Å². The molecule has 0 aliphatic carbocycles. The number of halogens is 2. The summed E-state index contributed by atoms with van der Waals surface area (Å²) in [4.78, 5) is 0. The first kappa shape index (κ1) is 24.0. The summed E-state index contributed by atoms with van der Waals surface area (Å²) in [7, 11) is -4.84. The Morgan fingerprint density at radius 2 is 0.848 bits per heavy atom. The topological polar surface area (TPSA) is 12.0 Å². The maximum atomic E-state index is 6.47. The summed E-state index contributed by atoms with van der Waals surface area (Å²) in [6.45, 7) is 4.84. The van der Waals surface area contributed by atoms with E-state index >= 15 is 0 Å². The van der Waals surface area contributed by atoms with Crippen molar-refractivity contribution >= 4 is 60.4 Å². The number of nitrogens with one attached hydrogen (secondary N) is 1. The second-order valence-electron chi connectivity index (χ2n) is 8.69. The molecule has 0 bridgehead atoms. The lowest BCUT2D eigenvalue weighted by Crippen LogP contribution is -2.81. The van der Waals surface area contributed by atoms with Crippen LogP contribution in [-0.2, 0) is 11.8 Å². The van der Waals surface area contributed by atoms with Crippen molar-refractivity contribution in [3.05, 3.63) is 120 Å². The molecule has 1 nitrogen and oxygen atoms in total. The fourth-order valence-corrected chi connectivity index (χ4v) is 16.6. The molecule has 4 aromatic rings. The Bertz CT molecular complexity index is 1110. The van der Waals surface area contributed by atoms with Crippen molar-refractivity contribution in [3.8, 4) is 0 Å². The van der Waals surface area contributed by atoms with E-state index in [0.29, 0.717) is 11.8 Å². The van der Waals surface area contributed by atoms with Crippen LogP contribution in [0.5, 0.6) is 0 Å². The number of rotatable bonds is 8. The summed E-state index contributed by atoms with van der Waals surface area (Å²) < 4.78 is 4.38. The molecule has 1 N–H and O–H groups in total. The number of alkyl halides is 2. The number of benzene rings is 4. The fraction of sp³-hybridized carbons (Fsp3) is 0.143. The highest BCUT2D eigenvalue weighted by Crippen LogP contribution is 2.15. The van der Waals surface area contributed by atoms with Crippen LogP contribution in [0.2, 0.25) is 13.1 Å². The standard InChI is InChI=1S/C28H29Cl2NSi2/c1-32(25-15-5-3-6-16-25,27-19-11-9-13-23(27)21-29)31-33(2,26-17-7-4-8-18-26)28-20-12-10-14-24(28)22-30/h3-20,31H,21-22H2,1-2H3. The molecular weight excluding hydrogens is 477 g/mol. The summed E-state index contributed by atoms with van der Waals surface area (Å²) in [5.41, 5.74) is 2.39. The molecule has 0 heterocycles. The fourth-order valence-electron chi connectivity index (χ4n) is 4.88. The minimum absolute atomic E-state index is 0.495. The van der Waals surface area contributed by atoms with Crippen molar-refractivity contribution in [2.45, 2.75) is 24.9 Å². The molecule has 168 valence electrons. The van der Waals surface area contributed by atoms with Gasteiger partial charge in [0.25, 0.3) is 0 Å². The van der Waals surface area contributed by atoms with Crippen LogP contribution in [0.3, 0.4) is 0 Å². The van der Waals surface area contributed by atoms with Gasteiger partial charge in [0.15, 0.2) is 16.5 Å². The molecule has 0 radical (unpaired) electrons. The summed E-state index contributed by atoms with van der Waals surface area (Å²) in [5, 5.41) is 5.37. The van der Waals surface area contributed by atoms with Crippen LogP contribution in [0.15, 0.2) is 109 Å². The van der Waals surface area contributed by atoms with Gasteiger partial charge >= 0.3 is 0 Å². The normalized spacial score (nSPS) is 14.9. The predicted molar refractivity (Wildman–Crippen MR) is 150 cm³/mol. The Hall–Kier alpha value is -2.15. The molecule has 0 saturated carbocycles. The summed E-state index contributed by atoms with van der Waals surface area (Å²) in [6, 6.07) is 39.0. The molecule has 4 aromatic carbocycles. The van der Waals surface area contributed by atoms with Gasteiger partial charge in [-0.1, -0.05) is 109 Å². The summed E-state index contributed by atoms with van der Waals surface area (Å²) >= 11 is 12.9. The van der Waals surface area contributed by atoms with Gasteiger partial charge in [0.1, 0.15) is 0 Å². The highest BCUT2D eigenvalue weighted by Gasteiger charge is 2.44. The van der Waals surface area contributed by atoms with Crippen molar-refractivity contribution in [3.63, 3.8) is 0 Å². The molecule has 33 heavy (non-hydrogen) atoms. The number of hydrogen-bond donors (Lipinski definition) is 1. The zero-order valence-corrected chi connectivity index (χ0v) is 22.6. The Balaban J connectivity index is 1.98. The van der Waals surface area contributed by atoms with E-state index in [1.54, 1.807) is 0 Å². The van der Waals surface area contributed by atoms with Crippen LogP contribution in [0.1, 0.15) is 11.1 Å². The maximum absolute atomic E-state index is 6.47. The predicted octanol–water partition coefficient (Wildman–Crippen LogP) is 4.83. The molecule has 2 unspecified atom stereocenters. The highest BCUT2D eigenvalue weighted by atomic mass is 35.5. The molecule has 0 aromatic heterocycles. The number of hydrogen-bond acceptors (Lipinski definition) is 1. The zero-order chi connectivity index (χ0) is 23.3. The van der Waals surface area contributed by atoms with Gasteiger partial charge < -0.3 is 4.65 Å². The van der Waals surface area contributed by atoms with E-state index in [0.717, 1.165) is 0 Å². The Morgan fingerprint density at radius 3 is 1.21 bits per heavy atom.